The fourth-order valence-electron chi connectivity index (χ4n) is 2.34. The number of rotatable bonds is 8. The Labute approximate surface area is 156 Å². The molecule has 0 aliphatic rings. The normalized spacial score (nSPS) is 10.1. The molecule has 0 heterocycles. The fraction of sp³-hybridized carbons (Fsp3) is 0.263. The lowest BCUT2D eigenvalue weighted by atomic mass is 10.1. The molecule has 0 fully saturated rings. The minimum atomic E-state index is -0.854. The van der Waals surface area contributed by atoms with E-state index in [1.165, 1.54) is 58.8 Å². The van der Waals surface area contributed by atoms with Gasteiger partial charge in [0.25, 0.3) is 0 Å². The number of esters is 1. The Morgan fingerprint density at radius 1 is 0.889 bits per heavy atom. The molecular formula is C19H20O8. The number of phenols is 1. The summed E-state index contributed by atoms with van der Waals surface area (Å²) in [6, 6.07) is 7.03. The molecule has 0 amide bonds. The molecule has 144 valence electrons. The molecule has 2 aromatic carbocycles. The maximum Gasteiger partial charge on any atom is 0.342 e. The first kappa shape index (κ1) is 19.9. The molecule has 0 spiro atoms. The molecule has 0 saturated carbocycles. The molecule has 8 heteroatoms. The molecule has 8 nitrogen and oxygen atoms in total. The van der Waals surface area contributed by atoms with Crippen LogP contribution in [0.2, 0.25) is 0 Å². The number of hydrogen-bond acceptors (Lipinski definition) is 8. The SMILES string of the molecule is COc1ccc(O)c(C(=O)OCC(=O)c2cc(OC)c(OC)c(OC)c2)c1. The summed E-state index contributed by atoms with van der Waals surface area (Å²) in [4.78, 5) is 24.6. The summed E-state index contributed by atoms with van der Waals surface area (Å²) >= 11 is 0. The van der Waals surface area contributed by atoms with Crippen molar-refractivity contribution in [1.29, 1.82) is 0 Å². The Hall–Kier alpha value is -3.42. The van der Waals surface area contributed by atoms with Crippen LogP contribution in [0.15, 0.2) is 30.3 Å². The molecule has 0 bridgehead atoms. The molecule has 27 heavy (non-hydrogen) atoms. The van der Waals surface area contributed by atoms with Crippen LogP contribution in [-0.2, 0) is 4.74 Å². The zero-order valence-corrected chi connectivity index (χ0v) is 15.4. The van der Waals surface area contributed by atoms with E-state index in [0.717, 1.165) is 0 Å². The van der Waals surface area contributed by atoms with Crippen LogP contribution in [0, 0.1) is 0 Å². The summed E-state index contributed by atoms with van der Waals surface area (Å²) in [5.74, 6) is -0.294. The Bertz CT molecular complexity index is 819. The van der Waals surface area contributed by atoms with E-state index in [4.69, 9.17) is 23.7 Å². The van der Waals surface area contributed by atoms with Crippen molar-refractivity contribution < 1.29 is 38.4 Å². The Balaban J connectivity index is 2.17. The molecular weight excluding hydrogens is 356 g/mol. The van der Waals surface area contributed by atoms with E-state index in [2.05, 4.69) is 0 Å². The maximum atomic E-state index is 12.4. The summed E-state index contributed by atoms with van der Waals surface area (Å²) in [6.45, 7) is -0.534. The van der Waals surface area contributed by atoms with Crippen molar-refractivity contribution in [3.63, 3.8) is 0 Å². The third-order valence-electron chi connectivity index (χ3n) is 3.74. The first-order valence-electron chi connectivity index (χ1n) is 7.82. The minimum absolute atomic E-state index is 0.105. The van der Waals surface area contributed by atoms with Crippen LogP contribution in [0.25, 0.3) is 0 Å². The summed E-state index contributed by atoms with van der Waals surface area (Å²) in [5, 5.41) is 9.79. The van der Waals surface area contributed by atoms with Crippen LogP contribution >= 0.6 is 0 Å². The van der Waals surface area contributed by atoms with E-state index in [1.807, 2.05) is 0 Å². The van der Waals surface area contributed by atoms with Crippen LogP contribution in [0.3, 0.4) is 0 Å². The lowest BCUT2D eigenvalue weighted by molar-refractivity contribution is 0.0471. The zero-order valence-electron chi connectivity index (χ0n) is 15.4. The average Bonchev–Trinajstić information content (AvgIpc) is 2.70. The molecule has 0 atom stereocenters. The molecule has 0 unspecified atom stereocenters. The first-order valence-corrected chi connectivity index (χ1v) is 7.82. The van der Waals surface area contributed by atoms with Crippen LogP contribution in [0.1, 0.15) is 20.7 Å². The van der Waals surface area contributed by atoms with Gasteiger partial charge in [-0.3, -0.25) is 4.79 Å². The van der Waals surface area contributed by atoms with Crippen molar-refractivity contribution in [1.82, 2.24) is 0 Å². The van der Waals surface area contributed by atoms with Gasteiger partial charge in [-0.1, -0.05) is 0 Å². The second-order valence-electron chi connectivity index (χ2n) is 5.30. The number of benzene rings is 2. The molecule has 0 aliphatic heterocycles. The summed E-state index contributed by atoms with van der Waals surface area (Å²) < 4.78 is 25.6. The van der Waals surface area contributed by atoms with Crippen molar-refractivity contribution >= 4 is 11.8 Å². The van der Waals surface area contributed by atoms with Crippen molar-refractivity contribution in [3.8, 4) is 28.7 Å². The molecule has 0 aromatic heterocycles. The van der Waals surface area contributed by atoms with E-state index in [-0.39, 0.29) is 16.9 Å². The second-order valence-corrected chi connectivity index (χ2v) is 5.30. The third-order valence-corrected chi connectivity index (χ3v) is 3.74. The van der Waals surface area contributed by atoms with E-state index in [9.17, 15) is 14.7 Å². The first-order chi connectivity index (χ1) is 12.9. The Morgan fingerprint density at radius 3 is 2.04 bits per heavy atom. The Kier molecular flexibility index (Phi) is 6.48. The highest BCUT2D eigenvalue weighted by atomic mass is 16.5. The van der Waals surface area contributed by atoms with Crippen LogP contribution in [0.4, 0.5) is 0 Å². The quantitative estimate of drug-likeness (QED) is 0.554. The smallest absolute Gasteiger partial charge is 0.342 e. The van der Waals surface area contributed by atoms with Gasteiger partial charge < -0.3 is 28.8 Å². The number of ketones is 1. The topological polar surface area (TPSA) is 101 Å². The fourth-order valence-corrected chi connectivity index (χ4v) is 2.34. The number of phenolic OH excluding ortho intramolecular Hbond substituents is 1. The van der Waals surface area contributed by atoms with Gasteiger partial charge in [-0.15, -0.1) is 0 Å². The second kappa shape index (κ2) is 8.79. The van der Waals surface area contributed by atoms with Crippen molar-refractivity contribution in [2.75, 3.05) is 35.0 Å². The van der Waals surface area contributed by atoms with E-state index in [1.54, 1.807) is 0 Å². The highest BCUT2D eigenvalue weighted by Crippen LogP contribution is 2.38. The number of Topliss-reactive ketones (excluding diaryl/α,β-unsaturated/α-hetero) is 1. The summed E-state index contributed by atoms with van der Waals surface area (Å²) in [6.07, 6.45) is 0. The van der Waals surface area contributed by atoms with Gasteiger partial charge >= 0.3 is 5.97 Å². The van der Waals surface area contributed by atoms with Crippen LogP contribution < -0.4 is 18.9 Å². The van der Waals surface area contributed by atoms with Gasteiger partial charge in [0.1, 0.15) is 17.1 Å². The average molecular weight is 376 g/mol. The van der Waals surface area contributed by atoms with Gasteiger partial charge in [0.15, 0.2) is 18.1 Å². The van der Waals surface area contributed by atoms with Gasteiger partial charge in [0.05, 0.1) is 28.4 Å². The highest BCUT2D eigenvalue weighted by molar-refractivity contribution is 6.00. The third kappa shape index (κ3) is 4.41. The molecule has 2 rings (SSSR count). The molecule has 0 aliphatic carbocycles. The van der Waals surface area contributed by atoms with Gasteiger partial charge in [0.2, 0.25) is 11.5 Å². The molecule has 2 aromatic rings. The summed E-state index contributed by atoms with van der Waals surface area (Å²) in [7, 11) is 5.73. The minimum Gasteiger partial charge on any atom is -0.507 e. The monoisotopic (exact) mass is 376 g/mol. The van der Waals surface area contributed by atoms with Gasteiger partial charge in [-0.2, -0.15) is 0 Å². The van der Waals surface area contributed by atoms with Crippen molar-refractivity contribution in [2.24, 2.45) is 0 Å². The number of carbonyl (C=O) groups excluding carboxylic acids is 2. The van der Waals surface area contributed by atoms with E-state index >= 15 is 0 Å². The van der Waals surface area contributed by atoms with Gasteiger partial charge in [-0.25, -0.2) is 4.79 Å². The van der Waals surface area contributed by atoms with E-state index in [0.29, 0.717) is 23.0 Å². The molecule has 0 saturated heterocycles. The van der Waals surface area contributed by atoms with Crippen LogP contribution in [0.5, 0.6) is 28.7 Å². The summed E-state index contributed by atoms with van der Waals surface area (Å²) in [5.41, 5.74) is 0.110. The number of ether oxygens (including phenoxy) is 5. The lowest BCUT2D eigenvalue weighted by Crippen LogP contribution is -2.15. The largest absolute Gasteiger partial charge is 0.507 e. The number of methoxy groups -OCH3 is 4. The van der Waals surface area contributed by atoms with Crippen LogP contribution in [-0.4, -0.2) is 51.9 Å². The molecule has 0 radical (unpaired) electrons. The Morgan fingerprint density at radius 2 is 1.52 bits per heavy atom. The predicted molar refractivity (Wildman–Crippen MR) is 95.4 cm³/mol. The van der Waals surface area contributed by atoms with Gasteiger partial charge in [0, 0.05) is 5.56 Å². The van der Waals surface area contributed by atoms with E-state index < -0.39 is 18.4 Å². The highest BCUT2D eigenvalue weighted by Gasteiger charge is 2.20. The molecule has 1 N–H and O–H groups in total. The van der Waals surface area contributed by atoms with Gasteiger partial charge in [-0.05, 0) is 30.3 Å². The lowest BCUT2D eigenvalue weighted by Gasteiger charge is -2.14. The number of aromatic hydroxyl groups is 1. The zero-order chi connectivity index (χ0) is 20.0. The maximum absolute atomic E-state index is 12.4. The number of carbonyl (C=O) groups is 2. The van der Waals surface area contributed by atoms with Crippen molar-refractivity contribution in [3.05, 3.63) is 41.5 Å². The standard InChI is InChI=1S/C19H20O8/c1-23-12-5-6-14(20)13(9-12)19(22)27-10-15(21)11-7-16(24-2)18(26-4)17(8-11)25-3/h5-9,20H,10H2,1-4H3. The predicted octanol–water partition coefficient (Wildman–Crippen LogP) is 2.47. The van der Waals surface area contributed by atoms with Crippen molar-refractivity contribution in [2.45, 2.75) is 0 Å². The number of hydrogen-bond donors (Lipinski definition) is 1.